The third-order valence-electron chi connectivity index (χ3n) is 3.89. The third kappa shape index (κ3) is 3.48. The predicted octanol–water partition coefficient (Wildman–Crippen LogP) is 2.79. The van der Waals surface area contributed by atoms with Crippen molar-refractivity contribution in [3.63, 3.8) is 0 Å². The van der Waals surface area contributed by atoms with E-state index in [1.54, 1.807) is 18.4 Å². The van der Waals surface area contributed by atoms with E-state index in [1.807, 2.05) is 24.3 Å². The summed E-state index contributed by atoms with van der Waals surface area (Å²) in [6.45, 7) is 1.54. The maximum atomic E-state index is 12.0. The van der Waals surface area contributed by atoms with Gasteiger partial charge in [-0.3, -0.25) is 4.79 Å². The number of hydrogen-bond acceptors (Lipinski definition) is 4. The van der Waals surface area contributed by atoms with Crippen LogP contribution >= 0.6 is 11.3 Å². The number of hydrogen-bond donors (Lipinski definition) is 2. The Bertz CT molecular complexity index is 630. The lowest BCUT2D eigenvalue weighted by atomic mass is 10.1. The first-order chi connectivity index (χ1) is 10.8. The van der Waals surface area contributed by atoms with E-state index < -0.39 is 0 Å². The maximum Gasteiger partial charge on any atom is 0.237 e. The molecule has 1 fully saturated rings. The topological polar surface area (TPSA) is 50.4 Å². The van der Waals surface area contributed by atoms with Crippen LogP contribution in [0.1, 0.15) is 17.7 Å². The van der Waals surface area contributed by atoms with E-state index in [-0.39, 0.29) is 11.9 Å². The smallest absolute Gasteiger partial charge is 0.237 e. The summed E-state index contributed by atoms with van der Waals surface area (Å²) in [7, 11) is 1.67. The van der Waals surface area contributed by atoms with Crippen molar-refractivity contribution in [2.45, 2.75) is 25.4 Å². The maximum absolute atomic E-state index is 12.0. The van der Waals surface area contributed by atoms with Gasteiger partial charge in [0.25, 0.3) is 0 Å². The van der Waals surface area contributed by atoms with Crippen molar-refractivity contribution in [1.29, 1.82) is 0 Å². The van der Waals surface area contributed by atoms with Crippen LogP contribution in [-0.4, -0.2) is 25.6 Å². The number of amides is 1. The zero-order valence-corrected chi connectivity index (χ0v) is 13.4. The summed E-state index contributed by atoms with van der Waals surface area (Å²) in [4.78, 5) is 13.1. The molecule has 2 heterocycles. The molecule has 0 spiro atoms. The highest BCUT2D eigenvalue weighted by molar-refractivity contribution is 7.10. The van der Waals surface area contributed by atoms with E-state index in [2.05, 4.69) is 22.1 Å². The highest BCUT2D eigenvalue weighted by Gasteiger charge is 2.21. The lowest BCUT2D eigenvalue weighted by Crippen LogP contribution is -2.39. The minimum atomic E-state index is -0.0129. The molecule has 3 rings (SSSR count). The molecule has 2 aromatic rings. The van der Waals surface area contributed by atoms with Crippen molar-refractivity contribution in [2.75, 3.05) is 13.7 Å². The highest BCUT2D eigenvalue weighted by atomic mass is 32.1. The van der Waals surface area contributed by atoms with Crippen LogP contribution in [0.5, 0.6) is 5.75 Å². The minimum absolute atomic E-state index is 0.0129. The third-order valence-corrected chi connectivity index (χ3v) is 4.83. The Morgan fingerprint density at radius 2 is 2.18 bits per heavy atom. The molecule has 1 atom stereocenters. The molecule has 0 unspecified atom stereocenters. The van der Waals surface area contributed by atoms with E-state index in [0.29, 0.717) is 6.54 Å². The lowest BCUT2D eigenvalue weighted by Gasteiger charge is -2.09. The molecule has 2 N–H and O–H groups in total. The van der Waals surface area contributed by atoms with Crippen LogP contribution in [-0.2, 0) is 11.3 Å². The van der Waals surface area contributed by atoms with Crippen LogP contribution in [0, 0.1) is 0 Å². The summed E-state index contributed by atoms with van der Waals surface area (Å²) in [5.41, 5.74) is 2.34. The van der Waals surface area contributed by atoms with Gasteiger partial charge >= 0.3 is 0 Å². The fraction of sp³-hybridized carbons (Fsp3) is 0.353. The van der Waals surface area contributed by atoms with E-state index in [0.717, 1.165) is 35.6 Å². The Labute approximate surface area is 134 Å². The van der Waals surface area contributed by atoms with Gasteiger partial charge in [0.2, 0.25) is 5.91 Å². The molecule has 1 aromatic carbocycles. The van der Waals surface area contributed by atoms with Gasteiger partial charge in [0.1, 0.15) is 5.75 Å². The normalized spacial score (nSPS) is 17.4. The van der Waals surface area contributed by atoms with E-state index in [9.17, 15) is 4.79 Å². The van der Waals surface area contributed by atoms with Crippen molar-refractivity contribution >= 4 is 17.2 Å². The van der Waals surface area contributed by atoms with Gasteiger partial charge in [0.15, 0.2) is 0 Å². The Morgan fingerprint density at radius 1 is 1.36 bits per heavy atom. The molecule has 1 saturated heterocycles. The molecular weight excluding hydrogens is 296 g/mol. The number of ether oxygens (including phenoxy) is 1. The predicted molar refractivity (Wildman–Crippen MR) is 89.2 cm³/mol. The second-order valence-electron chi connectivity index (χ2n) is 5.40. The highest BCUT2D eigenvalue weighted by Crippen LogP contribution is 2.27. The Balaban J connectivity index is 1.59. The molecule has 1 amide bonds. The van der Waals surface area contributed by atoms with Gasteiger partial charge in [-0.15, -0.1) is 11.3 Å². The first-order valence-electron chi connectivity index (χ1n) is 7.49. The Hall–Kier alpha value is -1.85. The Kier molecular flexibility index (Phi) is 4.75. The molecule has 1 aliphatic rings. The average molecular weight is 316 g/mol. The summed E-state index contributed by atoms with van der Waals surface area (Å²) in [5, 5.41) is 8.35. The van der Waals surface area contributed by atoms with Gasteiger partial charge < -0.3 is 15.4 Å². The molecular formula is C17H20N2O2S. The van der Waals surface area contributed by atoms with Crippen molar-refractivity contribution in [1.82, 2.24) is 10.6 Å². The van der Waals surface area contributed by atoms with Crippen LogP contribution in [0.4, 0.5) is 0 Å². The van der Waals surface area contributed by atoms with Crippen molar-refractivity contribution in [3.05, 3.63) is 40.6 Å². The number of rotatable bonds is 5. The number of carbonyl (C=O) groups excluding carboxylic acids is 1. The van der Waals surface area contributed by atoms with Crippen molar-refractivity contribution < 1.29 is 9.53 Å². The fourth-order valence-electron chi connectivity index (χ4n) is 2.61. The zero-order chi connectivity index (χ0) is 15.4. The molecule has 116 valence electrons. The van der Waals surface area contributed by atoms with Crippen molar-refractivity contribution in [3.8, 4) is 16.9 Å². The molecule has 0 aliphatic carbocycles. The first-order valence-corrected chi connectivity index (χ1v) is 8.37. The minimum Gasteiger partial charge on any atom is -0.497 e. The first kappa shape index (κ1) is 15.1. The summed E-state index contributed by atoms with van der Waals surface area (Å²) in [5.74, 6) is 0.965. The van der Waals surface area contributed by atoms with Gasteiger partial charge in [-0.2, -0.15) is 0 Å². The van der Waals surface area contributed by atoms with Crippen LogP contribution in [0.2, 0.25) is 0 Å². The van der Waals surface area contributed by atoms with Gasteiger partial charge in [-0.05, 0) is 54.1 Å². The summed E-state index contributed by atoms with van der Waals surface area (Å²) in [6.07, 6.45) is 2.02. The standard InChI is InChI=1S/C17H20N2O2S/c1-21-14-6-4-12(5-7-14)13-9-15(22-11-13)10-19-17(20)16-3-2-8-18-16/h4-7,9,11,16,18H,2-3,8,10H2,1H3,(H,19,20)/t16-/m1/s1. The monoisotopic (exact) mass is 316 g/mol. The van der Waals surface area contributed by atoms with E-state index in [4.69, 9.17) is 4.74 Å². The quantitative estimate of drug-likeness (QED) is 0.892. The molecule has 5 heteroatoms. The van der Waals surface area contributed by atoms with Gasteiger partial charge in [0.05, 0.1) is 19.7 Å². The van der Waals surface area contributed by atoms with Crippen LogP contribution in [0.15, 0.2) is 35.7 Å². The lowest BCUT2D eigenvalue weighted by molar-refractivity contribution is -0.122. The Morgan fingerprint density at radius 3 is 2.86 bits per heavy atom. The van der Waals surface area contributed by atoms with Crippen LogP contribution in [0.3, 0.4) is 0 Å². The molecule has 0 saturated carbocycles. The fourth-order valence-corrected chi connectivity index (χ4v) is 3.45. The summed E-state index contributed by atoms with van der Waals surface area (Å²) >= 11 is 1.67. The largest absolute Gasteiger partial charge is 0.497 e. The molecule has 0 bridgehead atoms. The molecule has 1 aromatic heterocycles. The molecule has 22 heavy (non-hydrogen) atoms. The van der Waals surface area contributed by atoms with Crippen LogP contribution < -0.4 is 15.4 Å². The second-order valence-corrected chi connectivity index (χ2v) is 6.39. The number of benzene rings is 1. The number of thiophene rings is 1. The van der Waals surface area contributed by atoms with Crippen LogP contribution in [0.25, 0.3) is 11.1 Å². The van der Waals surface area contributed by atoms with Gasteiger partial charge in [0, 0.05) is 4.88 Å². The van der Waals surface area contributed by atoms with Gasteiger partial charge in [-0.1, -0.05) is 12.1 Å². The summed E-state index contributed by atoms with van der Waals surface area (Å²) in [6, 6.07) is 10.1. The number of carbonyl (C=O) groups is 1. The average Bonchev–Trinajstić information content (AvgIpc) is 3.24. The SMILES string of the molecule is COc1ccc(-c2csc(CNC(=O)[C@H]3CCCN3)c2)cc1. The van der Waals surface area contributed by atoms with E-state index >= 15 is 0 Å². The molecule has 1 aliphatic heterocycles. The second kappa shape index (κ2) is 6.94. The zero-order valence-electron chi connectivity index (χ0n) is 12.6. The molecule has 0 radical (unpaired) electrons. The van der Waals surface area contributed by atoms with E-state index in [1.165, 1.54) is 5.56 Å². The van der Waals surface area contributed by atoms with Gasteiger partial charge in [-0.25, -0.2) is 0 Å². The molecule has 4 nitrogen and oxygen atoms in total. The number of nitrogens with one attached hydrogen (secondary N) is 2. The van der Waals surface area contributed by atoms with Crippen molar-refractivity contribution in [2.24, 2.45) is 0 Å². The summed E-state index contributed by atoms with van der Waals surface area (Å²) < 4.78 is 5.17. The number of methoxy groups -OCH3 is 1.